The van der Waals surface area contributed by atoms with E-state index in [1.54, 1.807) is 4.68 Å². The summed E-state index contributed by atoms with van der Waals surface area (Å²) in [5, 5.41) is 23.5. The number of nitrogens with one attached hydrogen (secondary N) is 1. The molecule has 1 amide bonds. The fourth-order valence-corrected chi connectivity index (χ4v) is 3.86. The first-order valence-corrected chi connectivity index (χ1v) is 8.39. The third-order valence-electron chi connectivity index (χ3n) is 5.30. The Kier molecular flexibility index (Phi) is 4.58. The molecule has 0 spiro atoms. The number of hydrogen-bond acceptors (Lipinski definition) is 5. The van der Waals surface area contributed by atoms with Crippen molar-refractivity contribution in [3.05, 3.63) is 6.33 Å². The van der Waals surface area contributed by atoms with Gasteiger partial charge in [0.2, 0.25) is 5.91 Å². The molecule has 0 bridgehead atoms. The van der Waals surface area contributed by atoms with Gasteiger partial charge in [0.25, 0.3) is 0 Å². The van der Waals surface area contributed by atoms with Crippen molar-refractivity contribution >= 4 is 11.9 Å². The van der Waals surface area contributed by atoms with Crippen LogP contribution in [-0.2, 0) is 15.1 Å². The third kappa shape index (κ3) is 3.20. The van der Waals surface area contributed by atoms with Gasteiger partial charge >= 0.3 is 5.97 Å². The van der Waals surface area contributed by atoms with Crippen LogP contribution in [0, 0.1) is 5.92 Å². The molecule has 2 N–H and O–H groups in total. The first kappa shape index (κ1) is 15.9. The van der Waals surface area contributed by atoms with Crippen molar-refractivity contribution in [1.29, 1.82) is 0 Å². The van der Waals surface area contributed by atoms with Crippen molar-refractivity contribution in [2.45, 2.75) is 69.4 Å². The van der Waals surface area contributed by atoms with Crippen LogP contribution in [0.1, 0.15) is 57.8 Å². The number of rotatable bonds is 4. The van der Waals surface area contributed by atoms with E-state index in [1.165, 1.54) is 6.33 Å². The number of tetrazole rings is 1. The second-order valence-corrected chi connectivity index (χ2v) is 6.71. The highest BCUT2D eigenvalue weighted by atomic mass is 16.4. The molecule has 0 unspecified atom stereocenters. The van der Waals surface area contributed by atoms with Gasteiger partial charge in [-0.3, -0.25) is 9.59 Å². The maximum Gasteiger partial charge on any atom is 0.306 e. The average Bonchev–Trinajstić information content (AvgIpc) is 3.11. The van der Waals surface area contributed by atoms with Crippen molar-refractivity contribution < 1.29 is 14.7 Å². The molecule has 8 heteroatoms. The number of carbonyl (C=O) groups is 2. The van der Waals surface area contributed by atoms with Crippen molar-refractivity contribution in [2.24, 2.45) is 5.92 Å². The number of aromatic nitrogens is 4. The number of carboxylic acids is 1. The highest BCUT2D eigenvalue weighted by Gasteiger charge is 2.43. The zero-order chi connectivity index (χ0) is 16.3. The Morgan fingerprint density at radius 2 is 1.83 bits per heavy atom. The summed E-state index contributed by atoms with van der Waals surface area (Å²) in [6, 6.07) is 0.0494. The van der Waals surface area contributed by atoms with Gasteiger partial charge in [-0.1, -0.05) is 19.3 Å². The Labute approximate surface area is 134 Å². The molecule has 0 aliphatic heterocycles. The van der Waals surface area contributed by atoms with Gasteiger partial charge in [0.05, 0.1) is 5.92 Å². The minimum absolute atomic E-state index is 0.0247. The summed E-state index contributed by atoms with van der Waals surface area (Å²) >= 11 is 0. The molecular formula is C15H23N5O3. The maximum absolute atomic E-state index is 13.0. The van der Waals surface area contributed by atoms with Gasteiger partial charge in [-0.15, -0.1) is 5.10 Å². The van der Waals surface area contributed by atoms with Gasteiger partial charge in [-0.25, -0.2) is 4.68 Å². The number of carbonyl (C=O) groups excluding carboxylic acids is 1. The zero-order valence-electron chi connectivity index (χ0n) is 13.1. The highest BCUT2D eigenvalue weighted by molar-refractivity contribution is 5.84. The lowest BCUT2D eigenvalue weighted by molar-refractivity contribution is -0.143. The molecule has 1 heterocycles. The molecule has 0 saturated heterocycles. The van der Waals surface area contributed by atoms with E-state index in [0.717, 1.165) is 32.1 Å². The largest absolute Gasteiger partial charge is 0.481 e. The Morgan fingerprint density at radius 1 is 1.13 bits per heavy atom. The second kappa shape index (κ2) is 6.64. The summed E-state index contributed by atoms with van der Waals surface area (Å²) in [5.41, 5.74) is -0.689. The van der Waals surface area contributed by atoms with Crippen LogP contribution in [0.2, 0.25) is 0 Å². The Morgan fingerprint density at radius 3 is 2.39 bits per heavy atom. The van der Waals surface area contributed by atoms with Crippen LogP contribution in [0.4, 0.5) is 0 Å². The lowest BCUT2D eigenvalue weighted by atomic mass is 9.80. The Balaban J connectivity index is 1.67. The smallest absolute Gasteiger partial charge is 0.306 e. The summed E-state index contributed by atoms with van der Waals surface area (Å²) in [7, 11) is 0. The second-order valence-electron chi connectivity index (χ2n) is 6.71. The SMILES string of the molecule is O=C(O)C1CCC(NC(=O)C2(n3cnnn3)CCCCC2)CC1. The normalized spacial score (nSPS) is 27.3. The minimum atomic E-state index is -0.729. The molecule has 126 valence electrons. The molecule has 3 rings (SSSR count). The van der Waals surface area contributed by atoms with Crippen molar-refractivity contribution in [1.82, 2.24) is 25.5 Å². The van der Waals surface area contributed by atoms with Crippen LogP contribution in [0.5, 0.6) is 0 Å². The molecule has 0 atom stereocenters. The van der Waals surface area contributed by atoms with E-state index in [0.29, 0.717) is 25.7 Å². The van der Waals surface area contributed by atoms with E-state index < -0.39 is 11.5 Å². The van der Waals surface area contributed by atoms with Gasteiger partial charge < -0.3 is 10.4 Å². The van der Waals surface area contributed by atoms with Gasteiger partial charge in [0.15, 0.2) is 0 Å². The van der Waals surface area contributed by atoms with Crippen molar-refractivity contribution in [2.75, 3.05) is 0 Å². The fraction of sp³-hybridized carbons (Fsp3) is 0.800. The van der Waals surface area contributed by atoms with Crippen LogP contribution >= 0.6 is 0 Å². The highest BCUT2D eigenvalue weighted by Crippen LogP contribution is 2.35. The summed E-state index contributed by atoms with van der Waals surface area (Å²) in [5.74, 6) is -1.03. The zero-order valence-corrected chi connectivity index (χ0v) is 13.1. The Bertz CT molecular complexity index is 545. The van der Waals surface area contributed by atoms with E-state index >= 15 is 0 Å². The minimum Gasteiger partial charge on any atom is -0.481 e. The molecular weight excluding hydrogens is 298 g/mol. The lowest BCUT2D eigenvalue weighted by Gasteiger charge is -2.37. The summed E-state index contributed by atoms with van der Waals surface area (Å²) in [4.78, 5) is 24.0. The number of carboxylic acid groups (broad SMARTS) is 1. The predicted octanol–water partition coefficient (Wildman–Crippen LogP) is 1.09. The molecule has 0 aromatic carbocycles. The van der Waals surface area contributed by atoms with Crippen LogP contribution in [0.3, 0.4) is 0 Å². The van der Waals surface area contributed by atoms with Crippen LogP contribution in [0.15, 0.2) is 6.33 Å². The summed E-state index contributed by atoms with van der Waals surface area (Å²) in [6.07, 6.45) is 8.78. The fourth-order valence-electron chi connectivity index (χ4n) is 3.86. The van der Waals surface area contributed by atoms with Gasteiger partial charge in [-0.2, -0.15) is 0 Å². The number of amides is 1. The van der Waals surface area contributed by atoms with Gasteiger partial charge in [0, 0.05) is 6.04 Å². The van der Waals surface area contributed by atoms with Crippen LogP contribution in [0.25, 0.3) is 0 Å². The molecule has 2 fully saturated rings. The Hall–Kier alpha value is -1.99. The molecule has 2 saturated carbocycles. The molecule has 23 heavy (non-hydrogen) atoms. The quantitative estimate of drug-likeness (QED) is 0.859. The maximum atomic E-state index is 13.0. The number of nitrogens with zero attached hydrogens (tertiary/aromatic N) is 4. The van der Waals surface area contributed by atoms with E-state index in [1.807, 2.05) is 0 Å². The van der Waals surface area contributed by atoms with Gasteiger partial charge in [-0.05, 0) is 49.0 Å². The summed E-state index contributed by atoms with van der Waals surface area (Å²) < 4.78 is 1.60. The van der Waals surface area contributed by atoms with Crippen LogP contribution in [-0.4, -0.2) is 43.2 Å². The average molecular weight is 321 g/mol. The first-order chi connectivity index (χ1) is 11.1. The molecule has 1 aromatic heterocycles. The van der Waals surface area contributed by atoms with E-state index in [2.05, 4.69) is 20.8 Å². The summed E-state index contributed by atoms with van der Waals surface area (Å²) in [6.45, 7) is 0. The lowest BCUT2D eigenvalue weighted by Crippen LogP contribution is -2.53. The van der Waals surface area contributed by atoms with Crippen LogP contribution < -0.4 is 5.32 Å². The number of aliphatic carboxylic acids is 1. The topological polar surface area (TPSA) is 110 Å². The number of hydrogen-bond donors (Lipinski definition) is 2. The van der Waals surface area contributed by atoms with E-state index in [-0.39, 0.29) is 17.9 Å². The predicted molar refractivity (Wildman–Crippen MR) is 80.4 cm³/mol. The molecule has 2 aliphatic carbocycles. The van der Waals surface area contributed by atoms with E-state index in [9.17, 15) is 9.59 Å². The monoisotopic (exact) mass is 321 g/mol. The molecule has 1 aromatic rings. The molecule has 0 radical (unpaired) electrons. The van der Waals surface area contributed by atoms with Gasteiger partial charge in [0.1, 0.15) is 11.9 Å². The van der Waals surface area contributed by atoms with E-state index in [4.69, 9.17) is 5.11 Å². The van der Waals surface area contributed by atoms with Crippen molar-refractivity contribution in [3.8, 4) is 0 Å². The first-order valence-electron chi connectivity index (χ1n) is 8.39. The standard InChI is InChI=1S/C15H23N5O3/c21-13(22)11-4-6-12(7-5-11)17-14(23)15(8-2-1-3-9-15)20-10-16-18-19-20/h10-12H,1-9H2,(H,17,23)(H,21,22). The molecule has 2 aliphatic rings. The molecule has 8 nitrogen and oxygen atoms in total. The van der Waals surface area contributed by atoms with Crippen molar-refractivity contribution in [3.63, 3.8) is 0 Å². The third-order valence-corrected chi connectivity index (χ3v) is 5.30.